The number of benzene rings is 1. The fraction of sp³-hybridized carbons (Fsp3) is 0.444. The van der Waals surface area contributed by atoms with Crippen molar-refractivity contribution in [3.8, 4) is 0 Å². The number of aliphatic imine (C=N–C) groups is 1. The van der Waals surface area contributed by atoms with Crippen molar-refractivity contribution in [1.29, 1.82) is 0 Å². The summed E-state index contributed by atoms with van der Waals surface area (Å²) in [4.78, 5) is 18.7. The Morgan fingerprint density at radius 2 is 2.00 bits per heavy atom. The van der Waals surface area contributed by atoms with Crippen LogP contribution in [-0.4, -0.2) is 43.7 Å². The van der Waals surface area contributed by atoms with Crippen LogP contribution in [0.2, 0.25) is 0 Å². The molecule has 2 rings (SSSR count). The van der Waals surface area contributed by atoms with Crippen LogP contribution in [0.15, 0.2) is 35.5 Å². The number of ether oxygens (including phenoxy) is 1. The molecular weight excluding hydrogens is 431 g/mol. The molecule has 0 amide bonds. The van der Waals surface area contributed by atoms with E-state index in [0.717, 1.165) is 30.9 Å². The molecule has 0 aliphatic rings. The van der Waals surface area contributed by atoms with Gasteiger partial charge in [-0.2, -0.15) is 0 Å². The van der Waals surface area contributed by atoms with E-state index in [0.29, 0.717) is 19.6 Å². The van der Waals surface area contributed by atoms with E-state index < -0.39 is 0 Å². The van der Waals surface area contributed by atoms with Crippen molar-refractivity contribution >= 4 is 46.8 Å². The second kappa shape index (κ2) is 11.7. The van der Waals surface area contributed by atoms with Crippen LogP contribution in [0.25, 0.3) is 10.9 Å². The van der Waals surface area contributed by atoms with E-state index in [2.05, 4.69) is 45.0 Å². The van der Waals surface area contributed by atoms with Crippen molar-refractivity contribution in [3.63, 3.8) is 0 Å². The van der Waals surface area contributed by atoms with E-state index in [9.17, 15) is 4.79 Å². The summed E-state index contributed by atoms with van der Waals surface area (Å²) in [7, 11) is 1.74. The molecule has 1 aromatic heterocycles. The molecule has 0 saturated heterocycles. The first-order chi connectivity index (χ1) is 11.7. The van der Waals surface area contributed by atoms with Gasteiger partial charge in [0.1, 0.15) is 0 Å². The molecule has 0 fully saturated rings. The molecule has 2 aromatic rings. The van der Waals surface area contributed by atoms with E-state index in [4.69, 9.17) is 4.74 Å². The molecule has 1 aromatic carbocycles. The van der Waals surface area contributed by atoms with Crippen LogP contribution < -0.4 is 10.6 Å². The van der Waals surface area contributed by atoms with Gasteiger partial charge < -0.3 is 20.4 Å². The van der Waals surface area contributed by atoms with Crippen LogP contribution in [0.4, 0.5) is 0 Å². The van der Waals surface area contributed by atoms with Gasteiger partial charge in [-0.15, -0.1) is 24.0 Å². The number of aromatic nitrogens is 1. The van der Waals surface area contributed by atoms with Gasteiger partial charge in [-0.25, -0.2) is 0 Å². The normalized spacial score (nSPS) is 11.0. The average molecular weight is 458 g/mol. The fourth-order valence-corrected chi connectivity index (χ4v) is 2.55. The lowest BCUT2D eigenvalue weighted by Gasteiger charge is -2.11. The van der Waals surface area contributed by atoms with Gasteiger partial charge in [0.25, 0.3) is 0 Å². The number of rotatable bonds is 8. The third-order valence-corrected chi connectivity index (χ3v) is 3.74. The van der Waals surface area contributed by atoms with Crippen molar-refractivity contribution in [1.82, 2.24) is 15.6 Å². The Labute approximate surface area is 165 Å². The van der Waals surface area contributed by atoms with Crippen molar-refractivity contribution in [2.24, 2.45) is 4.99 Å². The topological polar surface area (TPSA) is 78.5 Å². The Balaban J connectivity index is 0.00000312. The number of aromatic amines is 1. The zero-order valence-electron chi connectivity index (χ0n) is 14.8. The molecule has 3 N–H and O–H groups in total. The number of esters is 1. The standard InChI is InChI=1S/C18H26N4O2.HI/c1-3-24-17(23)9-6-11-20-18(19-2)21-12-10-14-13-22-16-8-5-4-7-15(14)16;/h4-5,7-8,13,22H,3,6,9-12H2,1-2H3,(H2,19,20,21);1H. The maximum Gasteiger partial charge on any atom is 0.305 e. The highest BCUT2D eigenvalue weighted by Crippen LogP contribution is 2.17. The van der Waals surface area contributed by atoms with Gasteiger partial charge in [0, 0.05) is 43.7 Å². The zero-order valence-corrected chi connectivity index (χ0v) is 17.1. The van der Waals surface area contributed by atoms with Crippen molar-refractivity contribution < 1.29 is 9.53 Å². The molecule has 0 saturated carbocycles. The highest BCUT2D eigenvalue weighted by molar-refractivity contribution is 14.0. The minimum absolute atomic E-state index is 0. The van der Waals surface area contributed by atoms with E-state index in [1.165, 1.54) is 10.9 Å². The number of H-pyrrole nitrogens is 1. The third kappa shape index (κ3) is 6.93. The summed E-state index contributed by atoms with van der Waals surface area (Å²) < 4.78 is 4.90. The van der Waals surface area contributed by atoms with Crippen LogP contribution in [0.1, 0.15) is 25.3 Å². The first-order valence-corrected chi connectivity index (χ1v) is 8.39. The minimum Gasteiger partial charge on any atom is -0.466 e. The number of hydrogen-bond acceptors (Lipinski definition) is 3. The first-order valence-electron chi connectivity index (χ1n) is 8.39. The van der Waals surface area contributed by atoms with Crippen molar-refractivity contribution in [2.75, 3.05) is 26.7 Å². The number of carbonyl (C=O) groups excluding carboxylic acids is 1. The Morgan fingerprint density at radius 3 is 2.76 bits per heavy atom. The molecular formula is C18H27IN4O2. The van der Waals surface area contributed by atoms with Crippen molar-refractivity contribution in [3.05, 3.63) is 36.0 Å². The number of halogens is 1. The molecule has 7 heteroatoms. The molecule has 25 heavy (non-hydrogen) atoms. The van der Waals surface area contributed by atoms with E-state index >= 15 is 0 Å². The molecule has 138 valence electrons. The van der Waals surface area contributed by atoms with Crippen LogP contribution in [-0.2, 0) is 16.0 Å². The lowest BCUT2D eigenvalue weighted by atomic mass is 10.1. The Morgan fingerprint density at radius 1 is 1.24 bits per heavy atom. The SMILES string of the molecule is CCOC(=O)CCCNC(=NC)NCCc1c[nH]c2ccccc12.I. The van der Waals surface area contributed by atoms with Crippen LogP contribution in [0, 0.1) is 0 Å². The predicted molar refractivity (Wildman–Crippen MR) is 113 cm³/mol. The van der Waals surface area contributed by atoms with Crippen LogP contribution >= 0.6 is 24.0 Å². The summed E-state index contributed by atoms with van der Waals surface area (Å²) in [5.74, 6) is 0.597. The van der Waals surface area contributed by atoms with Crippen LogP contribution in [0.5, 0.6) is 0 Å². The van der Waals surface area contributed by atoms with Gasteiger partial charge in [-0.05, 0) is 31.4 Å². The Kier molecular flexibility index (Phi) is 9.98. The number of nitrogens with zero attached hydrogens (tertiary/aromatic N) is 1. The van der Waals surface area contributed by atoms with Gasteiger partial charge in [0.15, 0.2) is 5.96 Å². The summed E-state index contributed by atoms with van der Waals surface area (Å²) in [6, 6.07) is 8.29. The number of para-hydroxylation sites is 1. The van der Waals surface area contributed by atoms with Gasteiger partial charge >= 0.3 is 5.97 Å². The zero-order chi connectivity index (χ0) is 17.2. The smallest absolute Gasteiger partial charge is 0.305 e. The summed E-state index contributed by atoms with van der Waals surface area (Å²) in [6.45, 7) is 3.73. The van der Waals surface area contributed by atoms with E-state index in [-0.39, 0.29) is 29.9 Å². The van der Waals surface area contributed by atoms with Gasteiger partial charge in [-0.1, -0.05) is 18.2 Å². The average Bonchev–Trinajstić information content (AvgIpc) is 3.00. The second-order valence-electron chi connectivity index (χ2n) is 5.44. The minimum atomic E-state index is -0.151. The summed E-state index contributed by atoms with van der Waals surface area (Å²) in [6.07, 6.45) is 4.12. The molecule has 0 bridgehead atoms. The fourth-order valence-electron chi connectivity index (χ4n) is 2.55. The molecule has 6 nitrogen and oxygen atoms in total. The maximum absolute atomic E-state index is 11.3. The highest BCUT2D eigenvalue weighted by atomic mass is 127. The molecule has 0 atom stereocenters. The maximum atomic E-state index is 11.3. The monoisotopic (exact) mass is 458 g/mol. The van der Waals surface area contributed by atoms with Gasteiger partial charge in [-0.3, -0.25) is 9.79 Å². The number of nitrogens with one attached hydrogen (secondary N) is 3. The lowest BCUT2D eigenvalue weighted by Crippen LogP contribution is -2.38. The summed E-state index contributed by atoms with van der Waals surface area (Å²) in [5.41, 5.74) is 2.45. The molecule has 0 aliphatic carbocycles. The highest BCUT2D eigenvalue weighted by Gasteiger charge is 2.04. The Bertz CT molecular complexity index is 685. The summed E-state index contributed by atoms with van der Waals surface area (Å²) in [5, 5.41) is 7.76. The number of hydrogen-bond donors (Lipinski definition) is 3. The number of carbonyl (C=O) groups is 1. The molecule has 0 radical (unpaired) electrons. The lowest BCUT2D eigenvalue weighted by molar-refractivity contribution is -0.143. The van der Waals surface area contributed by atoms with Gasteiger partial charge in [0.05, 0.1) is 6.61 Å². The third-order valence-electron chi connectivity index (χ3n) is 3.74. The second-order valence-corrected chi connectivity index (χ2v) is 5.44. The van der Waals surface area contributed by atoms with Gasteiger partial charge in [0.2, 0.25) is 0 Å². The van der Waals surface area contributed by atoms with E-state index in [1.807, 2.05) is 13.0 Å². The number of guanidine groups is 1. The molecule has 0 aliphatic heterocycles. The largest absolute Gasteiger partial charge is 0.466 e. The van der Waals surface area contributed by atoms with Crippen molar-refractivity contribution in [2.45, 2.75) is 26.2 Å². The first kappa shape index (κ1) is 21.3. The van der Waals surface area contributed by atoms with E-state index in [1.54, 1.807) is 7.05 Å². The molecule has 0 spiro atoms. The summed E-state index contributed by atoms with van der Waals surface area (Å²) >= 11 is 0. The van der Waals surface area contributed by atoms with Crippen LogP contribution in [0.3, 0.4) is 0 Å². The predicted octanol–water partition coefficient (Wildman–Crippen LogP) is 2.84. The molecule has 1 heterocycles. The quantitative estimate of drug-likeness (QED) is 0.187. The molecule has 0 unspecified atom stereocenters. The number of fused-ring (bicyclic) bond motifs is 1. The Hall–Kier alpha value is -1.77.